The predicted molar refractivity (Wildman–Crippen MR) is 164 cm³/mol. The molecule has 2 aliphatic rings. The molecule has 0 bridgehead atoms. The van der Waals surface area contributed by atoms with E-state index in [4.69, 9.17) is 0 Å². The van der Waals surface area contributed by atoms with Crippen molar-refractivity contribution in [1.29, 1.82) is 0 Å². The molecular weight excluding hydrogens is 643 g/mol. The van der Waals surface area contributed by atoms with Crippen molar-refractivity contribution in [3.8, 4) is 0 Å². The number of carbonyl (C=O) groups excluding carboxylic acids is 5. The van der Waals surface area contributed by atoms with Crippen LogP contribution in [0.5, 0.6) is 0 Å². The van der Waals surface area contributed by atoms with Gasteiger partial charge in [-0.2, -0.15) is 0 Å². The number of nitrogens with one attached hydrogen (secondary N) is 2. The molecule has 2 aliphatic heterocycles. The Balaban J connectivity index is 0.00000480. The van der Waals surface area contributed by atoms with Gasteiger partial charge in [-0.05, 0) is 39.3 Å². The Morgan fingerprint density at radius 2 is 1.85 bits per heavy atom. The second kappa shape index (κ2) is 15.6. The van der Waals surface area contributed by atoms with Crippen molar-refractivity contribution < 1.29 is 58.6 Å². The van der Waals surface area contributed by atoms with Gasteiger partial charge in [0.15, 0.2) is 0 Å². The van der Waals surface area contributed by atoms with E-state index in [1.807, 2.05) is 30.3 Å². The Kier molecular flexibility index (Phi) is 11.8. The molecule has 2 N–H and O–H groups in total. The summed E-state index contributed by atoms with van der Waals surface area (Å²) in [5, 5.41) is 28.4. The van der Waals surface area contributed by atoms with Crippen LogP contribution in [0.15, 0.2) is 77.1 Å². The number of aromatic nitrogens is 4. The molecule has 5 rings (SSSR count). The Morgan fingerprint density at radius 3 is 2.54 bits per heavy atom. The molecule has 1 aromatic heterocycles. The Hall–Kier alpha value is -3.96. The summed E-state index contributed by atoms with van der Waals surface area (Å²) in [6, 6.07) is 14.1. The molecule has 1 fully saturated rings. The fourth-order valence-electron chi connectivity index (χ4n) is 4.61. The maximum atomic E-state index is 13.1. The van der Waals surface area contributed by atoms with Gasteiger partial charge in [0, 0.05) is 37.4 Å². The van der Waals surface area contributed by atoms with Crippen molar-refractivity contribution in [2.24, 2.45) is 7.05 Å². The number of hydrogen-bond acceptors (Lipinski definition) is 11. The minimum Gasteiger partial charge on any atom is -0.543 e. The number of aliphatic carboxylic acids is 1. The topological polar surface area (TPSA) is 183 Å². The van der Waals surface area contributed by atoms with Crippen LogP contribution < -0.4 is 45.3 Å². The molecule has 1 unspecified atom stereocenters. The normalized spacial score (nSPS) is 17.1. The van der Waals surface area contributed by atoms with Crippen LogP contribution in [0.1, 0.15) is 11.1 Å². The third kappa shape index (κ3) is 7.87. The number of carboxylic acid groups (broad SMARTS) is 1. The summed E-state index contributed by atoms with van der Waals surface area (Å²) < 4.78 is 1.45. The summed E-state index contributed by atoms with van der Waals surface area (Å²) in [5.74, 6) is -2.53. The number of carboxylic acids is 1. The molecule has 232 valence electrons. The number of imide groups is 1. The maximum Gasteiger partial charge on any atom is 1.00 e. The summed E-state index contributed by atoms with van der Waals surface area (Å²) in [7, 11) is 3.00. The number of aryl methyl sites for hydroxylation is 1. The van der Waals surface area contributed by atoms with Gasteiger partial charge in [-0.3, -0.25) is 24.2 Å². The van der Waals surface area contributed by atoms with Gasteiger partial charge in [-0.25, -0.2) is 9.48 Å². The summed E-state index contributed by atoms with van der Waals surface area (Å²) in [6.45, 7) is 0. The average molecular weight is 671 g/mol. The van der Waals surface area contributed by atoms with Crippen LogP contribution >= 0.6 is 23.5 Å². The molecular formula is C29H27N8NaO6S2. The molecule has 14 nitrogen and oxygen atoms in total. The van der Waals surface area contributed by atoms with Crippen molar-refractivity contribution in [3.05, 3.63) is 83.1 Å². The van der Waals surface area contributed by atoms with E-state index >= 15 is 0 Å². The van der Waals surface area contributed by atoms with Crippen molar-refractivity contribution in [2.45, 2.75) is 23.0 Å². The van der Waals surface area contributed by atoms with Crippen LogP contribution in [0.4, 0.5) is 10.5 Å². The second-order valence-corrected chi connectivity index (χ2v) is 12.0. The molecule has 2 atom stereocenters. The number of nitrogens with zero attached hydrogens (tertiary/aromatic N) is 6. The van der Waals surface area contributed by atoms with Crippen molar-refractivity contribution in [2.75, 3.05) is 23.9 Å². The predicted octanol–water partition coefficient (Wildman–Crippen LogP) is -2.34. The van der Waals surface area contributed by atoms with Crippen molar-refractivity contribution in [1.82, 2.24) is 35.3 Å². The molecule has 3 heterocycles. The number of amides is 5. The summed E-state index contributed by atoms with van der Waals surface area (Å²) in [6.07, 6.45) is 2.70. The monoisotopic (exact) mass is 670 g/mol. The van der Waals surface area contributed by atoms with E-state index in [9.17, 15) is 29.1 Å². The fraction of sp³-hybridized carbons (Fsp3) is 0.241. The quantitative estimate of drug-likeness (QED) is 0.102. The number of fused-ring (bicyclic) bond motifs is 1. The molecule has 1 saturated heterocycles. The largest absolute Gasteiger partial charge is 1.00 e. The maximum absolute atomic E-state index is 13.1. The molecule has 5 amide bonds. The number of tetrazole rings is 1. The van der Waals surface area contributed by atoms with Gasteiger partial charge in [-0.15, -0.1) is 16.9 Å². The van der Waals surface area contributed by atoms with E-state index in [2.05, 4.69) is 26.2 Å². The average Bonchev–Trinajstić information content (AvgIpc) is 3.46. The molecule has 46 heavy (non-hydrogen) atoms. The van der Waals surface area contributed by atoms with Crippen LogP contribution in [-0.2, 0) is 32.6 Å². The molecule has 2 aromatic carbocycles. The van der Waals surface area contributed by atoms with Crippen LogP contribution in [0.3, 0.4) is 0 Å². The Bertz CT molecular complexity index is 1720. The summed E-state index contributed by atoms with van der Waals surface area (Å²) in [4.78, 5) is 65.5. The van der Waals surface area contributed by atoms with Crippen molar-refractivity contribution >= 4 is 65.0 Å². The first kappa shape index (κ1) is 34.9. The van der Waals surface area contributed by atoms with Gasteiger partial charge < -0.3 is 20.5 Å². The number of anilines is 1. The van der Waals surface area contributed by atoms with Crippen molar-refractivity contribution in [3.63, 3.8) is 0 Å². The molecule has 0 radical (unpaired) electrons. The van der Waals surface area contributed by atoms with Crippen LogP contribution in [0, 0.1) is 0 Å². The molecule has 0 saturated carbocycles. The first-order valence-electron chi connectivity index (χ1n) is 13.6. The minimum atomic E-state index is -1.48. The minimum absolute atomic E-state index is 0. The number of para-hydroxylation sites is 1. The van der Waals surface area contributed by atoms with E-state index in [1.165, 1.54) is 41.3 Å². The zero-order chi connectivity index (χ0) is 32.1. The standard InChI is InChI=1S/C29H28N8O6S2.Na/c1-35(22(39)13-12-17-8-4-3-5-9-17)28(43)30-20-11-7-6-10-18(20)14-21(38)31-23-25(40)37-24(27(41)42)19(15-44-26(23)37)16-45-29-32-33-34-36(29)2;/h3-13,23,26H,14-16H2,1-2H3,(H,30,43)(H,31,38)(H,41,42);/q;+1/p-1/b13-12+;/t23?,26-;/m1./s1. The van der Waals surface area contributed by atoms with Crippen LogP contribution in [0.2, 0.25) is 0 Å². The third-order valence-corrected chi connectivity index (χ3v) is 9.41. The van der Waals surface area contributed by atoms with E-state index < -0.39 is 41.1 Å². The van der Waals surface area contributed by atoms with Crippen LogP contribution in [-0.4, -0.2) is 89.7 Å². The smallest absolute Gasteiger partial charge is 0.543 e. The van der Waals surface area contributed by atoms with Gasteiger partial charge in [0.25, 0.3) is 11.8 Å². The number of rotatable bonds is 10. The number of urea groups is 1. The molecule has 0 aliphatic carbocycles. The van der Waals surface area contributed by atoms with Crippen LogP contribution in [0.25, 0.3) is 6.08 Å². The van der Waals surface area contributed by atoms with Gasteiger partial charge in [-0.1, -0.05) is 60.3 Å². The summed E-state index contributed by atoms with van der Waals surface area (Å²) in [5.41, 5.74) is 1.86. The Morgan fingerprint density at radius 1 is 1.13 bits per heavy atom. The van der Waals surface area contributed by atoms with Gasteiger partial charge in [0.2, 0.25) is 11.1 Å². The first-order chi connectivity index (χ1) is 21.6. The number of thioether (sulfide) groups is 2. The number of hydrogen-bond donors (Lipinski definition) is 2. The molecule has 17 heteroatoms. The molecule has 0 spiro atoms. The number of carbonyl (C=O) groups is 5. The Labute approximate surface area is 294 Å². The second-order valence-electron chi connectivity index (χ2n) is 9.97. The van der Waals surface area contributed by atoms with Gasteiger partial charge >= 0.3 is 35.6 Å². The fourth-order valence-corrected chi connectivity index (χ4v) is 6.95. The summed E-state index contributed by atoms with van der Waals surface area (Å²) >= 11 is 2.57. The van der Waals surface area contributed by atoms with E-state index in [-0.39, 0.29) is 47.4 Å². The number of β-lactam (4-membered cyclic amide) rings is 1. The zero-order valence-electron chi connectivity index (χ0n) is 25.1. The van der Waals surface area contributed by atoms with E-state index in [0.29, 0.717) is 27.7 Å². The number of likely N-dealkylation sites (N-methyl/N-ethyl adjacent to an activating group) is 1. The van der Waals surface area contributed by atoms with E-state index in [0.717, 1.165) is 15.4 Å². The third-order valence-electron chi connectivity index (χ3n) is 6.98. The zero-order valence-corrected chi connectivity index (χ0v) is 28.7. The van der Waals surface area contributed by atoms with Gasteiger partial charge in [0.05, 0.1) is 18.1 Å². The molecule has 3 aromatic rings. The van der Waals surface area contributed by atoms with Gasteiger partial charge in [0.1, 0.15) is 11.4 Å². The first-order valence-corrected chi connectivity index (χ1v) is 15.6. The number of benzene rings is 2. The van der Waals surface area contributed by atoms with E-state index in [1.54, 1.807) is 37.4 Å². The SMILES string of the molecule is CN(C(=O)/C=C/c1ccccc1)C(=O)Nc1ccccc1CC(=O)NC1C(=O)N2C(C(=O)[O-])=C(CSc3nnnn3C)CS[C@H]12.[Na+].